The summed E-state index contributed by atoms with van der Waals surface area (Å²) in [6.07, 6.45) is 4.83. The standard InChI is InChI=1S/C22H21F3N2O3S/c1-21-7-4-13(17-2-3-19(31-17)22(23,24)25)10-18(21)30-9-6-14(21)11-27-16-12-26-8-5-15(16)20(28)29/h2-5,7-8,10,12,14,18,27H,6,9,11H2,1H3,(H,28,29)/t14-,18?,21?/m1/s1. The molecule has 2 aromatic heterocycles. The fourth-order valence-electron chi connectivity index (χ4n) is 4.09. The second-order valence-corrected chi connectivity index (χ2v) is 8.95. The number of thiophene rings is 1. The minimum atomic E-state index is -4.35. The van der Waals surface area contributed by atoms with E-state index in [1.165, 1.54) is 24.5 Å². The second kappa shape index (κ2) is 8.12. The van der Waals surface area contributed by atoms with E-state index in [9.17, 15) is 23.1 Å². The molecular formula is C22H21F3N2O3S. The van der Waals surface area contributed by atoms with Gasteiger partial charge in [-0.1, -0.05) is 19.1 Å². The van der Waals surface area contributed by atoms with Crippen molar-refractivity contribution in [2.45, 2.75) is 25.6 Å². The summed E-state index contributed by atoms with van der Waals surface area (Å²) < 4.78 is 44.8. The zero-order valence-electron chi connectivity index (χ0n) is 16.6. The highest BCUT2D eigenvalue weighted by molar-refractivity contribution is 7.13. The molecule has 0 aromatic carbocycles. The number of alkyl halides is 3. The Hall–Kier alpha value is -2.65. The van der Waals surface area contributed by atoms with Crippen molar-refractivity contribution in [2.75, 3.05) is 18.5 Å². The lowest BCUT2D eigenvalue weighted by molar-refractivity contribution is -0.134. The molecule has 0 amide bonds. The zero-order valence-corrected chi connectivity index (χ0v) is 17.5. The Balaban J connectivity index is 1.52. The third kappa shape index (κ3) is 4.24. The smallest absolute Gasteiger partial charge is 0.425 e. The second-order valence-electron chi connectivity index (χ2n) is 7.87. The maximum Gasteiger partial charge on any atom is 0.425 e. The molecule has 1 aliphatic heterocycles. The van der Waals surface area contributed by atoms with Gasteiger partial charge >= 0.3 is 12.1 Å². The number of fused-ring (bicyclic) bond motifs is 1. The summed E-state index contributed by atoms with van der Waals surface area (Å²) in [6, 6.07) is 4.04. The van der Waals surface area contributed by atoms with Crippen LogP contribution in [-0.4, -0.2) is 35.3 Å². The molecule has 164 valence electrons. The molecule has 0 saturated carbocycles. The van der Waals surface area contributed by atoms with Crippen molar-refractivity contribution in [2.24, 2.45) is 11.3 Å². The summed E-state index contributed by atoms with van der Waals surface area (Å²) in [4.78, 5) is 15.4. The highest BCUT2D eigenvalue weighted by Crippen LogP contribution is 2.46. The predicted molar refractivity (Wildman–Crippen MR) is 112 cm³/mol. The number of rotatable bonds is 5. The van der Waals surface area contributed by atoms with Gasteiger partial charge in [0.15, 0.2) is 0 Å². The molecule has 31 heavy (non-hydrogen) atoms. The molecule has 2 N–H and O–H groups in total. The monoisotopic (exact) mass is 450 g/mol. The van der Waals surface area contributed by atoms with Gasteiger partial charge < -0.3 is 15.2 Å². The van der Waals surface area contributed by atoms with Crippen molar-refractivity contribution in [3.05, 3.63) is 64.1 Å². The molecular weight excluding hydrogens is 429 g/mol. The minimum Gasteiger partial charge on any atom is -0.478 e. The molecule has 3 atom stereocenters. The molecule has 4 rings (SSSR count). The van der Waals surface area contributed by atoms with Gasteiger partial charge in [-0.3, -0.25) is 4.98 Å². The quantitative estimate of drug-likeness (QED) is 0.644. The van der Waals surface area contributed by atoms with Crippen molar-refractivity contribution in [1.29, 1.82) is 0 Å². The fourth-order valence-corrected chi connectivity index (χ4v) is 4.97. The molecule has 1 saturated heterocycles. The van der Waals surface area contributed by atoms with E-state index in [1.54, 1.807) is 0 Å². The van der Waals surface area contributed by atoms with Crippen molar-refractivity contribution in [1.82, 2.24) is 4.98 Å². The number of aromatic carboxylic acids is 1. The van der Waals surface area contributed by atoms with Crippen molar-refractivity contribution >= 4 is 28.6 Å². The number of nitrogens with one attached hydrogen (secondary N) is 1. The van der Waals surface area contributed by atoms with E-state index in [2.05, 4.69) is 17.2 Å². The Morgan fingerprint density at radius 1 is 1.39 bits per heavy atom. The van der Waals surface area contributed by atoms with Crippen LogP contribution in [0.3, 0.4) is 0 Å². The lowest BCUT2D eigenvalue weighted by atomic mass is 9.67. The van der Waals surface area contributed by atoms with Crippen LogP contribution in [-0.2, 0) is 10.9 Å². The molecule has 9 heteroatoms. The minimum absolute atomic E-state index is 0.135. The van der Waals surface area contributed by atoms with Crippen molar-refractivity contribution in [3.63, 3.8) is 0 Å². The topological polar surface area (TPSA) is 71.5 Å². The summed E-state index contributed by atoms with van der Waals surface area (Å²) in [7, 11) is 0. The molecule has 0 spiro atoms. The van der Waals surface area contributed by atoms with E-state index < -0.39 is 17.0 Å². The zero-order chi connectivity index (χ0) is 22.2. The van der Waals surface area contributed by atoms with Gasteiger partial charge in [0, 0.05) is 29.6 Å². The van der Waals surface area contributed by atoms with Crippen LogP contribution in [0.15, 0.2) is 48.8 Å². The number of carbonyl (C=O) groups is 1. The normalized spacial score (nSPS) is 25.6. The van der Waals surface area contributed by atoms with Gasteiger partial charge in [-0.25, -0.2) is 4.79 Å². The number of hydrogen-bond donors (Lipinski definition) is 2. The first kappa shape index (κ1) is 21.6. The predicted octanol–water partition coefficient (Wildman–Crippen LogP) is 5.34. The Morgan fingerprint density at radius 3 is 2.90 bits per heavy atom. The van der Waals surface area contributed by atoms with Crippen LogP contribution in [0.2, 0.25) is 0 Å². The van der Waals surface area contributed by atoms with Crippen LogP contribution in [0.25, 0.3) is 5.57 Å². The van der Waals surface area contributed by atoms with E-state index in [0.29, 0.717) is 23.7 Å². The number of pyridine rings is 1. The SMILES string of the molecule is CC12C=CC(c3ccc(C(F)(F)F)s3)=CC1OCC[C@@H]2CNc1cnccc1C(=O)O. The summed E-state index contributed by atoms with van der Waals surface area (Å²) in [5, 5.41) is 12.6. The van der Waals surface area contributed by atoms with Crippen LogP contribution in [0.1, 0.15) is 33.5 Å². The third-order valence-electron chi connectivity index (χ3n) is 5.97. The molecule has 3 heterocycles. The summed E-state index contributed by atoms with van der Waals surface area (Å²) in [6.45, 7) is 3.10. The molecule has 2 aromatic rings. The number of allylic oxidation sites excluding steroid dienone is 2. The van der Waals surface area contributed by atoms with Gasteiger partial charge in [0.25, 0.3) is 0 Å². The molecule has 1 fully saturated rings. The molecule has 0 radical (unpaired) electrons. The first-order valence-electron chi connectivity index (χ1n) is 9.80. The third-order valence-corrected chi connectivity index (χ3v) is 7.15. The average molecular weight is 450 g/mol. The van der Waals surface area contributed by atoms with E-state index >= 15 is 0 Å². The van der Waals surface area contributed by atoms with Gasteiger partial charge in [-0.05, 0) is 42.2 Å². The first-order chi connectivity index (χ1) is 14.7. The van der Waals surface area contributed by atoms with E-state index in [4.69, 9.17) is 4.74 Å². The molecule has 0 bridgehead atoms. The Morgan fingerprint density at radius 2 is 2.19 bits per heavy atom. The lowest BCUT2D eigenvalue weighted by Crippen LogP contribution is -2.47. The number of carboxylic acid groups (broad SMARTS) is 1. The number of anilines is 1. The highest BCUT2D eigenvalue weighted by atomic mass is 32.1. The van der Waals surface area contributed by atoms with E-state index in [0.717, 1.165) is 29.4 Å². The van der Waals surface area contributed by atoms with Gasteiger partial charge in [0.2, 0.25) is 0 Å². The summed E-state index contributed by atoms with van der Waals surface area (Å²) in [5.41, 5.74) is 0.959. The fraction of sp³-hybridized carbons (Fsp3) is 0.364. The van der Waals surface area contributed by atoms with Gasteiger partial charge in [0.05, 0.1) is 23.6 Å². The number of nitrogens with zero attached hydrogens (tertiary/aromatic N) is 1. The summed E-state index contributed by atoms with van der Waals surface area (Å²) in [5.74, 6) is -0.892. The molecule has 1 aliphatic carbocycles. The lowest BCUT2D eigenvalue weighted by Gasteiger charge is -2.46. The number of hydrogen-bond acceptors (Lipinski definition) is 5. The number of carboxylic acids is 1. The van der Waals surface area contributed by atoms with Crippen LogP contribution in [0.4, 0.5) is 18.9 Å². The number of aromatic nitrogens is 1. The van der Waals surface area contributed by atoms with E-state index in [1.807, 2.05) is 18.2 Å². The Bertz CT molecular complexity index is 1050. The van der Waals surface area contributed by atoms with Crippen LogP contribution >= 0.6 is 11.3 Å². The molecule has 2 aliphatic rings. The Labute approximate surface area is 181 Å². The van der Waals surface area contributed by atoms with Crippen LogP contribution < -0.4 is 5.32 Å². The number of halogens is 3. The number of ether oxygens (including phenoxy) is 1. The maximum absolute atomic E-state index is 13.0. The van der Waals surface area contributed by atoms with Gasteiger partial charge in [-0.2, -0.15) is 13.2 Å². The molecule has 5 nitrogen and oxygen atoms in total. The molecule has 2 unspecified atom stereocenters. The van der Waals surface area contributed by atoms with Gasteiger partial charge in [0.1, 0.15) is 4.88 Å². The van der Waals surface area contributed by atoms with E-state index in [-0.39, 0.29) is 23.0 Å². The maximum atomic E-state index is 13.0. The van der Waals surface area contributed by atoms with Crippen LogP contribution in [0.5, 0.6) is 0 Å². The summed E-state index contributed by atoms with van der Waals surface area (Å²) >= 11 is 0.722. The van der Waals surface area contributed by atoms with Crippen molar-refractivity contribution in [3.8, 4) is 0 Å². The largest absolute Gasteiger partial charge is 0.478 e. The Kier molecular flexibility index (Phi) is 5.65. The first-order valence-corrected chi connectivity index (χ1v) is 10.6. The highest BCUT2D eigenvalue weighted by Gasteiger charge is 2.44. The van der Waals surface area contributed by atoms with Crippen LogP contribution in [0, 0.1) is 11.3 Å². The average Bonchev–Trinajstić information content (AvgIpc) is 3.23. The van der Waals surface area contributed by atoms with Crippen molar-refractivity contribution < 1.29 is 27.8 Å². The van der Waals surface area contributed by atoms with Gasteiger partial charge in [-0.15, -0.1) is 11.3 Å².